The van der Waals surface area contributed by atoms with Gasteiger partial charge in [-0.25, -0.2) is 4.42 Å². The summed E-state index contributed by atoms with van der Waals surface area (Å²) < 4.78 is 11.6. The van der Waals surface area contributed by atoms with Gasteiger partial charge in [-0.2, -0.15) is 0 Å². The van der Waals surface area contributed by atoms with E-state index >= 15 is 0 Å². The molecule has 0 spiro atoms. The van der Waals surface area contributed by atoms with Gasteiger partial charge in [-0.3, -0.25) is 0 Å². The third kappa shape index (κ3) is 5.03. The summed E-state index contributed by atoms with van der Waals surface area (Å²) in [5, 5.41) is 0. The van der Waals surface area contributed by atoms with E-state index in [-0.39, 0.29) is 11.2 Å². The number of allylic oxidation sites excluding steroid dienone is 4. The van der Waals surface area contributed by atoms with Crippen LogP contribution in [0.25, 0.3) is 0 Å². The lowest BCUT2D eigenvalue weighted by Gasteiger charge is -2.22. The first-order chi connectivity index (χ1) is 7.57. The SMILES string of the molecule is C=C1C=CC(OC(C)(C)C)=C/C1=[O+]\C(C)(C)C. The van der Waals surface area contributed by atoms with Gasteiger partial charge in [-0.05, 0) is 32.9 Å². The predicted octanol–water partition coefficient (Wildman–Crippen LogP) is 3.71. The number of ketones is 1. The van der Waals surface area contributed by atoms with Gasteiger partial charge in [0.25, 0.3) is 5.60 Å². The highest BCUT2D eigenvalue weighted by Crippen LogP contribution is 2.20. The van der Waals surface area contributed by atoms with E-state index in [1.54, 1.807) is 0 Å². The molecule has 0 aromatic carbocycles. The molecule has 94 valence electrons. The van der Waals surface area contributed by atoms with Crippen LogP contribution in [0, 0.1) is 0 Å². The first kappa shape index (κ1) is 13.8. The van der Waals surface area contributed by atoms with Crippen molar-refractivity contribution in [1.82, 2.24) is 0 Å². The fourth-order valence-corrected chi connectivity index (χ4v) is 1.38. The van der Waals surface area contributed by atoms with Crippen molar-refractivity contribution in [2.24, 2.45) is 0 Å². The second kappa shape index (κ2) is 4.52. The summed E-state index contributed by atoms with van der Waals surface area (Å²) in [7, 11) is 0. The Labute approximate surface area is 104 Å². The summed E-state index contributed by atoms with van der Waals surface area (Å²) in [6.45, 7) is 16.1. The highest BCUT2D eigenvalue weighted by atomic mass is 16.5. The Morgan fingerprint density at radius 1 is 1.06 bits per heavy atom. The number of rotatable bonds is 1. The maximum Gasteiger partial charge on any atom is 0.354 e. The largest absolute Gasteiger partial charge is 0.488 e. The minimum absolute atomic E-state index is 0.207. The van der Waals surface area contributed by atoms with Crippen LogP contribution < -0.4 is 0 Å². The van der Waals surface area contributed by atoms with E-state index < -0.39 is 0 Å². The summed E-state index contributed by atoms with van der Waals surface area (Å²) in [6.07, 6.45) is 5.74. The van der Waals surface area contributed by atoms with Crippen LogP contribution in [0.1, 0.15) is 41.5 Å². The van der Waals surface area contributed by atoms with Gasteiger partial charge in [0.05, 0.1) is 11.6 Å². The number of carbonyl (C=O) groups excluding carboxylic acids is 1. The van der Waals surface area contributed by atoms with Crippen molar-refractivity contribution in [3.05, 3.63) is 36.1 Å². The van der Waals surface area contributed by atoms with Crippen molar-refractivity contribution in [3.63, 3.8) is 0 Å². The summed E-state index contributed by atoms with van der Waals surface area (Å²) in [5.41, 5.74) is 0.440. The van der Waals surface area contributed by atoms with Crippen molar-refractivity contribution in [2.75, 3.05) is 0 Å². The van der Waals surface area contributed by atoms with Crippen molar-refractivity contribution in [2.45, 2.75) is 52.7 Å². The van der Waals surface area contributed by atoms with Gasteiger partial charge in [0, 0.05) is 20.8 Å². The average molecular weight is 235 g/mol. The van der Waals surface area contributed by atoms with Gasteiger partial charge >= 0.3 is 5.78 Å². The molecule has 0 aliphatic heterocycles. The molecule has 0 amide bonds. The van der Waals surface area contributed by atoms with Gasteiger partial charge in [0.2, 0.25) is 0 Å². The van der Waals surface area contributed by atoms with E-state index in [9.17, 15) is 0 Å². The lowest BCUT2D eigenvalue weighted by atomic mass is 10.1. The second-order valence-electron chi connectivity index (χ2n) is 6.20. The van der Waals surface area contributed by atoms with Crippen LogP contribution in [0.3, 0.4) is 0 Å². The Kier molecular flexibility index (Phi) is 3.65. The van der Waals surface area contributed by atoms with Crippen molar-refractivity contribution in [1.29, 1.82) is 0 Å². The van der Waals surface area contributed by atoms with E-state index in [0.29, 0.717) is 0 Å². The molecule has 0 unspecified atom stereocenters. The zero-order valence-electron chi connectivity index (χ0n) is 11.8. The molecule has 1 rings (SSSR count). The zero-order chi connectivity index (χ0) is 13.3. The molecular formula is C15H23O2+. The van der Waals surface area contributed by atoms with E-state index in [1.807, 2.05) is 59.8 Å². The first-order valence-electron chi connectivity index (χ1n) is 5.91. The summed E-state index contributed by atoms with van der Waals surface area (Å²) in [5.74, 6) is 1.59. The summed E-state index contributed by atoms with van der Waals surface area (Å²) in [6, 6.07) is 0. The lowest BCUT2D eigenvalue weighted by molar-refractivity contribution is -0.537. The van der Waals surface area contributed by atoms with Crippen LogP contribution in [-0.2, 0) is 9.16 Å². The van der Waals surface area contributed by atoms with Crippen LogP contribution in [0.15, 0.2) is 36.1 Å². The first-order valence-corrected chi connectivity index (χ1v) is 5.91. The third-order valence-corrected chi connectivity index (χ3v) is 1.88. The van der Waals surface area contributed by atoms with Crippen LogP contribution in [0.4, 0.5) is 0 Å². The van der Waals surface area contributed by atoms with Gasteiger partial charge in [0.15, 0.2) is 0 Å². The van der Waals surface area contributed by atoms with Gasteiger partial charge < -0.3 is 4.74 Å². The minimum atomic E-state index is -0.229. The molecule has 1 aliphatic rings. The van der Waals surface area contributed by atoms with Gasteiger partial charge in [-0.15, -0.1) is 0 Å². The molecule has 2 heteroatoms. The number of hydrogen-bond donors (Lipinski definition) is 0. The molecular weight excluding hydrogens is 212 g/mol. The highest BCUT2D eigenvalue weighted by molar-refractivity contribution is 6.07. The Balaban J connectivity index is 2.97. The van der Waals surface area contributed by atoms with Crippen molar-refractivity contribution < 1.29 is 9.16 Å². The molecule has 0 saturated carbocycles. The zero-order valence-corrected chi connectivity index (χ0v) is 11.8. The maximum absolute atomic E-state index is 5.85. The summed E-state index contributed by atoms with van der Waals surface area (Å²) >= 11 is 0. The second-order valence-corrected chi connectivity index (χ2v) is 6.20. The molecule has 1 aliphatic carbocycles. The van der Waals surface area contributed by atoms with Crippen molar-refractivity contribution >= 4 is 5.78 Å². The molecule has 0 fully saturated rings. The van der Waals surface area contributed by atoms with Gasteiger partial charge in [-0.1, -0.05) is 6.58 Å². The Hall–Kier alpha value is -1.31. The minimum Gasteiger partial charge on any atom is -0.488 e. The van der Waals surface area contributed by atoms with E-state index in [4.69, 9.17) is 9.16 Å². The number of ether oxygens (including phenoxy) is 1. The van der Waals surface area contributed by atoms with Gasteiger partial charge in [0.1, 0.15) is 11.4 Å². The van der Waals surface area contributed by atoms with E-state index in [0.717, 1.165) is 17.1 Å². The fourth-order valence-electron chi connectivity index (χ4n) is 1.38. The normalized spacial score (nSPS) is 19.5. The molecule has 0 aromatic heterocycles. The average Bonchev–Trinajstić information content (AvgIpc) is 2.05. The number of hydrogen-bond acceptors (Lipinski definition) is 1. The smallest absolute Gasteiger partial charge is 0.354 e. The topological polar surface area (TPSA) is 20.5 Å². The molecule has 0 atom stereocenters. The van der Waals surface area contributed by atoms with Crippen molar-refractivity contribution in [3.8, 4) is 0 Å². The lowest BCUT2D eigenvalue weighted by Crippen LogP contribution is -2.23. The van der Waals surface area contributed by atoms with Crippen LogP contribution in [-0.4, -0.2) is 17.0 Å². The molecule has 0 N–H and O–H groups in total. The third-order valence-electron chi connectivity index (χ3n) is 1.88. The van der Waals surface area contributed by atoms with Crippen LogP contribution >= 0.6 is 0 Å². The summed E-state index contributed by atoms with van der Waals surface area (Å²) in [4.78, 5) is 0. The van der Waals surface area contributed by atoms with E-state index in [1.165, 1.54) is 0 Å². The molecule has 0 heterocycles. The standard InChI is InChI=1S/C15H23O2/c1-11-8-9-12(16-14(2,3)4)10-13(11)17-15(5,6)7/h8-10H,1H2,2-7H3/q+1. The molecule has 0 aromatic rings. The Morgan fingerprint density at radius 2 is 1.65 bits per heavy atom. The monoisotopic (exact) mass is 235 g/mol. The van der Waals surface area contributed by atoms with Crippen LogP contribution in [0.5, 0.6) is 0 Å². The Morgan fingerprint density at radius 3 is 2.12 bits per heavy atom. The van der Waals surface area contributed by atoms with E-state index in [2.05, 4.69) is 6.58 Å². The predicted molar refractivity (Wildman–Crippen MR) is 72.0 cm³/mol. The highest BCUT2D eigenvalue weighted by Gasteiger charge is 2.27. The Bertz CT molecular complexity index is 396. The molecule has 17 heavy (non-hydrogen) atoms. The molecule has 0 bridgehead atoms. The van der Waals surface area contributed by atoms with Crippen LogP contribution in [0.2, 0.25) is 0 Å². The quantitative estimate of drug-likeness (QED) is 0.501. The fraction of sp³-hybridized carbons (Fsp3) is 0.533. The maximum atomic E-state index is 5.85. The molecule has 0 saturated heterocycles. The molecule has 2 nitrogen and oxygen atoms in total. The molecule has 0 radical (unpaired) electrons.